The highest BCUT2D eigenvalue weighted by molar-refractivity contribution is 5.92. The molecule has 0 aliphatic carbocycles. The lowest BCUT2D eigenvalue weighted by atomic mass is 10.2. The first-order chi connectivity index (χ1) is 9.79. The molecular formula is C16H19N3O. The minimum Gasteiger partial charge on any atom is -0.494 e. The predicted molar refractivity (Wildman–Crippen MR) is 83.0 cm³/mol. The predicted octanol–water partition coefficient (Wildman–Crippen LogP) is 3.01. The molecule has 2 rings (SSSR count). The Balaban J connectivity index is 2.01. The molecule has 4 heteroatoms. The number of guanidine groups is 1. The molecule has 0 atom stereocenters. The Morgan fingerprint density at radius 3 is 2.55 bits per heavy atom. The van der Waals surface area contributed by atoms with Crippen LogP contribution in [0, 0.1) is 0 Å². The van der Waals surface area contributed by atoms with Crippen LogP contribution in [0.1, 0.15) is 12.5 Å². The van der Waals surface area contributed by atoms with E-state index >= 15 is 0 Å². The van der Waals surface area contributed by atoms with E-state index in [4.69, 9.17) is 10.5 Å². The van der Waals surface area contributed by atoms with Crippen LogP contribution in [0.4, 0.5) is 5.69 Å². The third-order valence-electron chi connectivity index (χ3n) is 2.74. The van der Waals surface area contributed by atoms with E-state index in [2.05, 4.69) is 10.3 Å². The Kier molecular flexibility index (Phi) is 5.00. The summed E-state index contributed by atoms with van der Waals surface area (Å²) in [6, 6.07) is 17.6. The first-order valence-corrected chi connectivity index (χ1v) is 6.62. The van der Waals surface area contributed by atoms with E-state index in [9.17, 15) is 0 Å². The van der Waals surface area contributed by atoms with Crippen LogP contribution in [-0.2, 0) is 6.54 Å². The van der Waals surface area contributed by atoms with Gasteiger partial charge in [-0.25, -0.2) is 4.99 Å². The average Bonchev–Trinajstić information content (AvgIpc) is 2.48. The minimum absolute atomic E-state index is 0.391. The molecule has 104 valence electrons. The van der Waals surface area contributed by atoms with Gasteiger partial charge in [0.05, 0.1) is 13.2 Å². The van der Waals surface area contributed by atoms with Crippen molar-refractivity contribution in [1.29, 1.82) is 0 Å². The van der Waals surface area contributed by atoms with Crippen LogP contribution in [0.3, 0.4) is 0 Å². The second-order valence-corrected chi connectivity index (χ2v) is 4.23. The van der Waals surface area contributed by atoms with Crippen LogP contribution in [0.15, 0.2) is 59.6 Å². The second kappa shape index (κ2) is 7.19. The van der Waals surface area contributed by atoms with E-state index in [1.807, 2.05) is 61.5 Å². The molecule has 0 spiro atoms. The van der Waals surface area contributed by atoms with Crippen molar-refractivity contribution in [2.45, 2.75) is 13.5 Å². The Morgan fingerprint density at radius 2 is 1.80 bits per heavy atom. The number of ether oxygens (including phenoxy) is 1. The molecule has 0 aliphatic heterocycles. The van der Waals surface area contributed by atoms with E-state index in [1.165, 1.54) is 0 Å². The molecule has 0 aliphatic rings. The van der Waals surface area contributed by atoms with Crippen LogP contribution >= 0.6 is 0 Å². The zero-order valence-corrected chi connectivity index (χ0v) is 11.5. The summed E-state index contributed by atoms with van der Waals surface area (Å²) < 4.78 is 5.56. The van der Waals surface area contributed by atoms with Crippen molar-refractivity contribution in [2.75, 3.05) is 11.9 Å². The molecule has 0 bridgehead atoms. The summed E-state index contributed by atoms with van der Waals surface area (Å²) >= 11 is 0. The third kappa shape index (κ3) is 4.02. The molecule has 20 heavy (non-hydrogen) atoms. The van der Waals surface area contributed by atoms with Crippen molar-refractivity contribution in [3.05, 3.63) is 60.2 Å². The van der Waals surface area contributed by atoms with Crippen LogP contribution in [0.5, 0.6) is 5.75 Å². The molecular weight excluding hydrogens is 250 g/mol. The summed E-state index contributed by atoms with van der Waals surface area (Å²) in [6.45, 7) is 3.09. The fraction of sp³-hybridized carbons (Fsp3) is 0.188. The molecule has 0 saturated heterocycles. The highest BCUT2D eigenvalue weighted by atomic mass is 16.5. The zero-order valence-electron chi connectivity index (χ0n) is 11.5. The van der Waals surface area contributed by atoms with Crippen LogP contribution in [-0.4, -0.2) is 12.6 Å². The molecule has 0 heterocycles. The van der Waals surface area contributed by atoms with Gasteiger partial charge in [-0.15, -0.1) is 0 Å². The van der Waals surface area contributed by atoms with Gasteiger partial charge in [-0.3, -0.25) is 0 Å². The van der Waals surface area contributed by atoms with Crippen molar-refractivity contribution in [1.82, 2.24) is 0 Å². The molecule has 0 aromatic heterocycles. The summed E-state index contributed by atoms with van der Waals surface area (Å²) in [6.07, 6.45) is 0. The van der Waals surface area contributed by atoms with Gasteiger partial charge in [-0.2, -0.15) is 0 Å². The monoisotopic (exact) mass is 269 g/mol. The summed E-state index contributed by atoms with van der Waals surface area (Å²) in [7, 11) is 0. The van der Waals surface area contributed by atoms with E-state index in [0.29, 0.717) is 19.1 Å². The van der Waals surface area contributed by atoms with Crippen molar-refractivity contribution < 1.29 is 4.74 Å². The maximum atomic E-state index is 5.88. The topological polar surface area (TPSA) is 59.6 Å². The van der Waals surface area contributed by atoms with E-state index in [-0.39, 0.29) is 0 Å². The number of hydrogen-bond donors (Lipinski definition) is 2. The molecule has 0 amide bonds. The summed E-state index contributed by atoms with van der Waals surface area (Å²) in [5.41, 5.74) is 7.82. The van der Waals surface area contributed by atoms with Gasteiger partial charge in [-0.1, -0.05) is 36.4 Å². The molecule has 0 saturated carbocycles. The fourth-order valence-electron chi connectivity index (χ4n) is 1.81. The van der Waals surface area contributed by atoms with E-state index in [1.54, 1.807) is 0 Å². The smallest absolute Gasteiger partial charge is 0.193 e. The van der Waals surface area contributed by atoms with E-state index < -0.39 is 0 Å². The second-order valence-electron chi connectivity index (χ2n) is 4.23. The average molecular weight is 269 g/mol. The summed E-state index contributed by atoms with van der Waals surface area (Å²) in [4.78, 5) is 4.34. The lowest BCUT2D eigenvalue weighted by Gasteiger charge is -2.09. The number of aliphatic imine (C=N–C) groups is 1. The van der Waals surface area contributed by atoms with Crippen molar-refractivity contribution in [2.24, 2.45) is 10.7 Å². The number of hydrogen-bond acceptors (Lipinski definition) is 2. The number of nitrogens with one attached hydrogen (secondary N) is 1. The van der Waals surface area contributed by atoms with Gasteiger partial charge in [-0.05, 0) is 25.1 Å². The highest BCUT2D eigenvalue weighted by Crippen LogP contribution is 2.18. The highest BCUT2D eigenvalue weighted by Gasteiger charge is 2.01. The fourth-order valence-corrected chi connectivity index (χ4v) is 1.81. The Bertz CT molecular complexity index is 567. The Morgan fingerprint density at radius 1 is 1.10 bits per heavy atom. The first kappa shape index (κ1) is 13.9. The van der Waals surface area contributed by atoms with Crippen LogP contribution < -0.4 is 15.8 Å². The van der Waals surface area contributed by atoms with Gasteiger partial charge in [0.15, 0.2) is 5.96 Å². The number of anilines is 1. The third-order valence-corrected chi connectivity index (χ3v) is 2.74. The Labute approximate surface area is 119 Å². The maximum absolute atomic E-state index is 5.88. The number of rotatable bonds is 5. The lowest BCUT2D eigenvalue weighted by Crippen LogP contribution is -2.22. The standard InChI is InChI=1S/C16H19N3O/c1-2-20-15-11-7-6-8-13(15)12-18-16(17)19-14-9-4-3-5-10-14/h3-11H,2,12H2,1H3,(H3,17,18,19). The zero-order chi connectivity index (χ0) is 14.2. The molecule has 0 fully saturated rings. The van der Waals surface area contributed by atoms with Crippen molar-refractivity contribution in [3.63, 3.8) is 0 Å². The van der Waals surface area contributed by atoms with Gasteiger partial charge < -0.3 is 15.8 Å². The number of benzene rings is 2. The quantitative estimate of drug-likeness (QED) is 0.648. The van der Waals surface area contributed by atoms with Gasteiger partial charge in [0.25, 0.3) is 0 Å². The Hall–Kier alpha value is -2.49. The SMILES string of the molecule is CCOc1ccccc1CN=C(N)Nc1ccccc1. The minimum atomic E-state index is 0.391. The molecule has 4 nitrogen and oxygen atoms in total. The number of para-hydroxylation sites is 2. The molecule has 2 aromatic carbocycles. The number of nitrogens with zero attached hydrogens (tertiary/aromatic N) is 1. The molecule has 0 radical (unpaired) electrons. The van der Waals surface area contributed by atoms with Crippen LogP contribution in [0.2, 0.25) is 0 Å². The van der Waals surface area contributed by atoms with Gasteiger partial charge in [0.1, 0.15) is 5.75 Å². The van der Waals surface area contributed by atoms with Gasteiger partial charge >= 0.3 is 0 Å². The van der Waals surface area contributed by atoms with Crippen molar-refractivity contribution >= 4 is 11.6 Å². The normalized spacial score (nSPS) is 11.2. The van der Waals surface area contributed by atoms with Crippen molar-refractivity contribution in [3.8, 4) is 5.75 Å². The van der Waals surface area contributed by atoms with Gasteiger partial charge in [0, 0.05) is 11.3 Å². The largest absolute Gasteiger partial charge is 0.494 e. The molecule has 0 unspecified atom stereocenters. The lowest BCUT2D eigenvalue weighted by molar-refractivity contribution is 0.336. The number of nitrogens with two attached hydrogens (primary N) is 1. The first-order valence-electron chi connectivity index (χ1n) is 6.62. The van der Waals surface area contributed by atoms with Gasteiger partial charge in [0.2, 0.25) is 0 Å². The molecule has 2 aromatic rings. The van der Waals surface area contributed by atoms with Crippen LogP contribution in [0.25, 0.3) is 0 Å². The van der Waals surface area contributed by atoms with E-state index in [0.717, 1.165) is 17.0 Å². The molecule has 3 N–H and O–H groups in total. The summed E-state index contributed by atoms with van der Waals surface area (Å²) in [5.74, 6) is 1.24. The summed E-state index contributed by atoms with van der Waals surface area (Å²) in [5, 5.41) is 3.05. The maximum Gasteiger partial charge on any atom is 0.193 e.